The minimum atomic E-state index is 0. The van der Waals surface area contributed by atoms with Crippen molar-refractivity contribution in [3.8, 4) is 0 Å². The highest BCUT2D eigenvalue weighted by atomic mass is 79.9. The highest BCUT2D eigenvalue weighted by molar-refractivity contribution is 9.10. The number of aromatic nitrogens is 1. The van der Waals surface area contributed by atoms with Crippen LogP contribution in [0.3, 0.4) is 0 Å². The smallest absolute Gasteiger partial charge is 0.140 e. The number of anilines is 1. The molecule has 6 heteroatoms. The van der Waals surface area contributed by atoms with Crippen molar-refractivity contribution in [3.63, 3.8) is 0 Å². The number of hydrogen-bond acceptors (Lipinski definition) is 3. The first kappa shape index (κ1) is 13.6. The van der Waals surface area contributed by atoms with Crippen molar-refractivity contribution in [2.24, 2.45) is 5.84 Å². The fourth-order valence-corrected chi connectivity index (χ4v) is 0.819. The van der Waals surface area contributed by atoms with Crippen LogP contribution < -0.4 is 11.3 Å². The quantitative estimate of drug-likeness (QED) is 0.600. The van der Waals surface area contributed by atoms with E-state index in [1.807, 2.05) is 6.07 Å². The number of halogens is 3. The summed E-state index contributed by atoms with van der Waals surface area (Å²) in [7, 11) is 0. The molecule has 0 aliphatic carbocycles. The predicted molar refractivity (Wildman–Crippen MR) is 54.2 cm³/mol. The van der Waals surface area contributed by atoms with Gasteiger partial charge in [0.15, 0.2) is 0 Å². The molecule has 0 aliphatic heterocycles. The van der Waals surface area contributed by atoms with E-state index in [0.717, 1.165) is 4.47 Å². The second-order valence-electron chi connectivity index (χ2n) is 1.50. The molecule has 64 valence electrons. The van der Waals surface area contributed by atoms with Gasteiger partial charge in [-0.1, -0.05) is 15.9 Å². The molecular formula is C5H8BrCl2N3. The van der Waals surface area contributed by atoms with Crippen molar-refractivity contribution in [2.75, 3.05) is 5.43 Å². The van der Waals surface area contributed by atoms with E-state index in [9.17, 15) is 0 Å². The van der Waals surface area contributed by atoms with Gasteiger partial charge in [-0.15, -0.1) is 24.8 Å². The first-order valence-corrected chi connectivity index (χ1v) is 3.20. The van der Waals surface area contributed by atoms with Gasteiger partial charge in [0.1, 0.15) is 5.82 Å². The molecule has 0 aliphatic rings. The molecule has 0 fully saturated rings. The Labute approximate surface area is 85.7 Å². The third-order valence-electron chi connectivity index (χ3n) is 0.870. The third kappa shape index (κ3) is 4.42. The maximum absolute atomic E-state index is 5.09. The molecule has 0 spiro atoms. The molecule has 1 aromatic heterocycles. The van der Waals surface area contributed by atoms with Crippen LogP contribution in [0.15, 0.2) is 22.8 Å². The van der Waals surface area contributed by atoms with Gasteiger partial charge in [0.25, 0.3) is 0 Å². The van der Waals surface area contributed by atoms with Crippen LogP contribution in [0.1, 0.15) is 0 Å². The number of hydrazine groups is 1. The number of pyridine rings is 1. The Bertz CT molecular complexity index is 209. The zero-order chi connectivity index (χ0) is 6.69. The van der Waals surface area contributed by atoms with E-state index in [1.54, 1.807) is 12.3 Å². The van der Waals surface area contributed by atoms with Crippen LogP contribution in [0.25, 0.3) is 0 Å². The van der Waals surface area contributed by atoms with Gasteiger partial charge in [-0.05, 0) is 12.1 Å². The van der Waals surface area contributed by atoms with Gasteiger partial charge in [0.2, 0.25) is 0 Å². The van der Waals surface area contributed by atoms with Crippen molar-refractivity contribution < 1.29 is 0 Å². The summed E-state index contributed by atoms with van der Waals surface area (Å²) in [5.41, 5.74) is 2.43. The maximum Gasteiger partial charge on any atom is 0.140 e. The summed E-state index contributed by atoms with van der Waals surface area (Å²) in [5, 5.41) is 0. The number of hydrogen-bond donors (Lipinski definition) is 2. The minimum Gasteiger partial charge on any atom is -0.308 e. The zero-order valence-corrected chi connectivity index (χ0v) is 8.67. The van der Waals surface area contributed by atoms with Gasteiger partial charge < -0.3 is 5.43 Å². The SMILES string of the molecule is Cl.Cl.NNc1cc(Br)ccn1. The molecule has 0 atom stereocenters. The first-order chi connectivity index (χ1) is 4.33. The van der Waals surface area contributed by atoms with Gasteiger partial charge >= 0.3 is 0 Å². The molecule has 1 aromatic rings. The van der Waals surface area contributed by atoms with E-state index in [1.165, 1.54) is 0 Å². The van der Waals surface area contributed by atoms with E-state index in [4.69, 9.17) is 5.84 Å². The highest BCUT2D eigenvalue weighted by Crippen LogP contribution is 2.10. The summed E-state index contributed by atoms with van der Waals surface area (Å²) in [5.74, 6) is 5.74. The number of nitrogens with two attached hydrogens (primary N) is 1. The second kappa shape index (κ2) is 6.67. The summed E-state index contributed by atoms with van der Waals surface area (Å²) in [4.78, 5) is 3.89. The van der Waals surface area contributed by atoms with Crippen LogP contribution in [0.2, 0.25) is 0 Å². The molecular weight excluding hydrogens is 253 g/mol. The molecule has 11 heavy (non-hydrogen) atoms. The lowest BCUT2D eigenvalue weighted by atomic mass is 10.5. The Hall–Kier alpha value is -0.0300. The summed E-state index contributed by atoms with van der Waals surface area (Å²) < 4.78 is 0.963. The molecule has 0 radical (unpaired) electrons. The average Bonchev–Trinajstić information content (AvgIpc) is 1.88. The largest absolute Gasteiger partial charge is 0.308 e. The molecule has 0 saturated carbocycles. The van der Waals surface area contributed by atoms with E-state index >= 15 is 0 Å². The van der Waals surface area contributed by atoms with Crippen LogP contribution in [0.5, 0.6) is 0 Å². The summed E-state index contributed by atoms with van der Waals surface area (Å²) in [6.07, 6.45) is 1.67. The Morgan fingerprint density at radius 2 is 2.09 bits per heavy atom. The van der Waals surface area contributed by atoms with Crippen LogP contribution in [0.4, 0.5) is 5.82 Å². The maximum atomic E-state index is 5.09. The van der Waals surface area contributed by atoms with Crippen molar-refractivity contribution in [1.82, 2.24) is 4.98 Å². The number of nitrogens with one attached hydrogen (secondary N) is 1. The molecule has 3 N–H and O–H groups in total. The van der Waals surface area contributed by atoms with Gasteiger partial charge in [-0.25, -0.2) is 10.8 Å². The highest BCUT2D eigenvalue weighted by Gasteiger charge is 1.88. The van der Waals surface area contributed by atoms with Gasteiger partial charge in [0, 0.05) is 10.7 Å². The van der Waals surface area contributed by atoms with Gasteiger partial charge in [-0.2, -0.15) is 0 Å². The molecule has 0 saturated heterocycles. The monoisotopic (exact) mass is 259 g/mol. The standard InChI is InChI=1S/C5H6BrN3.2ClH/c6-4-1-2-8-5(3-4)9-7;;/h1-3H,7H2,(H,8,9);2*1H. The van der Waals surface area contributed by atoms with Crippen molar-refractivity contribution >= 4 is 46.6 Å². The molecule has 1 heterocycles. The predicted octanol–water partition coefficient (Wildman–Crippen LogP) is 1.97. The van der Waals surface area contributed by atoms with E-state index in [-0.39, 0.29) is 24.8 Å². The molecule has 0 unspecified atom stereocenters. The summed E-state index contributed by atoms with van der Waals surface area (Å²) in [6.45, 7) is 0. The first-order valence-electron chi connectivity index (χ1n) is 2.41. The molecule has 1 rings (SSSR count). The van der Waals surface area contributed by atoms with Crippen LogP contribution in [-0.4, -0.2) is 4.98 Å². The normalized spacial score (nSPS) is 7.45. The number of nitrogens with zero attached hydrogens (tertiary/aromatic N) is 1. The Balaban J connectivity index is 0. The molecule has 3 nitrogen and oxygen atoms in total. The molecule has 0 amide bonds. The van der Waals surface area contributed by atoms with Crippen molar-refractivity contribution in [3.05, 3.63) is 22.8 Å². The van der Waals surface area contributed by atoms with E-state index in [0.29, 0.717) is 5.82 Å². The average molecular weight is 261 g/mol. The number of nitrogen functional groups attached to an aromatic ring is 1. The van der Waals surface area contributed by atoms with Gasteiger partial charge in [-0.3, -0.25) is 0 Å². The van der Waals surface area contributed by atoms with Crippen LogP contribution >= 0.6 is 40.7 Å². The summed E-state index contributed by atoms with van der Waals surface area (Å²) >= 11 is 3.27. The fourth-order valence-electron chi connectivity index (χ4n) is 0.484. The fraction of sp³-hybridized carbons (Fsp3) is 0. The Kier molecular flexibility index (Phi) is 8.21. The number of rotatable bonds is 1. The Morgan fingerprint density at radius 3 is 2.45 bits per heavy atom. The van der Waals surface area contributed by atoms with E-state index in [2.05, 4.69) is 26.3 Å². The third-order valence-corrected chi connectivity index (χ3v) is 1.36. The molecule has 0 bridgehead atoms. The lowest BCUT2D eigenvalue weighted by Crippen LogP contribution is -2.07. The van der Waals surface area contributed by atoms with Gasteiger partial charge in [0.05, 0.1) is 0 Å². The van der Waals surface area contributed by atoms with Crippen molar-refractivity contribution in [1.29, 1.82) is 0 Å². The van der Waals surface area contributed by atoms with Crippen LogP contribution in [0, 0.1) is 0 Å². The lowest BCUT2D eigenvalue weighted by molar-refractivity contribution is 1.22. The molecule has 0 aromatic carbocycles. The zero-order valence-electron chi connectivity index (χ0n) is 5.45. The van der Waals surface area contributed by atoms with Crippen LogP contribution in [-0.2, 0) is 0 Å². The second-order valence-corrected chi connectivity index (χ2v) is 2.42. The van der Waals surface area contributed by atoms with Crippen molar-refractivity contribution in [2.45, 2.75) is 0 Å². The Morgan fingerprint density at radius 1 is 1.45 bits per heavy atom. The van der Waals surface area contributed by atoms with E-state index < -0.39 is 0 Å². The lowest BCUT2D eigenvalue weighted by Gasteiger charge is -1.95. The summed E-state index contributed by atoms with van der Waals surface area (Å²) in [6, 6.07) is 3.63. The minimum absolute atomic E-state index is 0. The topological polar surface area (TPSA) is 50.9 Å².